The highest BCUT2D eigenvalue weighted by atomic mass is 19.4. The molecule has 0 aliphatic heterocycles. The Kier molecular flexibility index (Phi) is 7.42. The van der Waals surface area contributed by atoms with Crippen LogP contribution in [0.2, 0.25) is 0 Å². The van der Waals surface area contributed by atoms with Crippen LogP contribution in [0.4, 0.5) is 22.0 Å². The average Bonchev–Trinajstić information content (AvgIpc) is 3.19. The standard InChI is InChI=1S/C27H22F5N3O5/c1-15-13-18(11-12-21(15)40-26(2,3)24(36)37)39-14-22-33-35(17-9-7-16(8-10-17)27(30,31)32)25(38)34(22)23-19(28)5-4-6-20(23)29/h4-13H,14H2,1-3H3,(H,36,37). The summed E-state index contributed by atoms with van der Waals surface area (Å²) >= 11 is 0. The van der Waals surface area contributed by atoms with E-state index < -0.39 is 52.9 Å². The lowest BCUT2D eigenvalue weighted by atomic mass is 10.1. The van der Waals surface area contributed by atoms with E-state index >= 15 is 0 Å². The van der Waals surface area contributed by atoms with E-state index in [1.54, 1.807) is 6.92 Å². The van der Waals surface area contributed by atoms with Crippen LogP contribution < -0.4 is 15.2 Å². The average molecular weight is 563 g/mol. The number of rotatable bonds is 8. The SMILES string of the molecule is Cc1cc(OCc2nn(-c3ccc(C(F)(F)F)cc3)c(=O)n2-c2c(F)cccc2F)ccc1OC(C)(C)C(=O)O. The van der Waals surface area contributed by atoms with Crippen molar-refractivity contribution in [2.75, 3.05) is 0 Å². The first kappa shape index (κ1) is 28.3. The number of para-hydroxylation sites is 1. The van der Waals surface area contributed by atoms with Crippen LogP contribution >= 0.6 is 0 Å². The zero-order chi connectivity index (χ0) is 29.4. The number of carboxylic acids is 1. The van der Waals surface area contributed by atoms with Crippen molar-refractivity contribution in [3.63, 3.8) is 0 Å². The number of hydrogen-bond donors (Lipinski definition) is 1. The molecule has 0 fully saturated rings. The number of carboxylic acid groups (broad SMARTS) is 1. The Morgan fingerprint density at radius 2 is 1.62 bits per heavy atom. The lowest BCUT2D eigenvalue weighted by Gasteiger charge is -2.23. The zero-order valence-corrected chi connectivity index (χ0v) is 21.3. The second-order valence-corrected chi connectivity index (χ2v) is 9.19. The highest BCUT2D eigenvalue weighted by Gasteiger charge is 2.31. The number of ether oxygens (including phenoxy) is 2. The van der Waals surface area contributed by atoms with Crippen LogP contribution in [0.1, 0.15) is 30.8 Å². The van der Waals surface area contributed by atoms with Gasteiger partial charge in [0.25, 0.3) is 0 Å². The van der Waals surface area contributed by atoms with Crippen molar-refractivity contribution in [2.45, 2.75) is 39.2 Å². The van der Waals surface area contributed by atoms with E-state index in [1.165, 1.54) is 32.0 Å². The van der Waals surface area contributed by atoms with Crippen molar-refractivity contribution in [3.05, 3.63) is 99.7 Å². The van der Waals surface area contributed by atoms with Gasteiger partial charge in [0.15, 0.2) is 11.4 Å². The van der Waals surface area contributed by atoms with Crippen LogP contribution in [0.25, 0.3) is 11.4 Å². The molecule has 0 aliphatic rings. The van der Waals surface area contributed by atoms with Gasteiger partial charge in [0.2, 0.25) is 0 Å². The van der Waals surface area contributed by atoms with Gasteiger partial charge in [-0.05, 0) is 80.9 Å². The van der Waals surface area contributed by atoms with Crippen LogP contribution in [0.5, 0.6) is 11.5 Å². The highest BCUT2D eigenvalue weighted by molar-refractivity contribution is 5.76. The van der Waals surface area contributed by atoms with Gasteiger partial charge in [-0.3, -0.25) is 0 Å². The van der Waals surface area contributed by atoms with Crippen LogP contribution in [-0.4, -0.2) is 31.0 Å². The first-order valence-corrected chi connectivity index (χ1v) is 11.7. The molecule has 0 saturated carbocycles. The summed E-state index contributed by atoms with van der Waals surface area (Å²) < 4.78 is 80.9. The van der Waals surface area contributed by atoms with Gasteiger partial charge in [-0.15, -0.1) is 5.10 Å². The van der Waals surface area contributed by atoms with E-state index in [0.717, 1.165) is 42.5 Å². The number of carbonyl (C=O) groups is 1. The molecule has 1 aromatic heterocycles. The molecule has 1 heterocycles. The monoisotopic (exact) mass is 563 g/mol. The summed E-state index contributed by atoms with van der Waals surface area (Å²) in [6.45, 7) is 3.93. The van der Waals surface area contributed by atoms with Gasteiger partial charge in [-0.2, -0.15) is 17.9 Å². The van der Waals surface area contributed by atoms with E-state index in [1.807, 2.05) is 0 Å². The molecule has 0 spiro atoms. The number of aromatic nitrogens is 3. The maximum Gasteiger partial charge on any atom is 0.416 e. The van der Waals surface area contributed by atoms with Gasteiger partial charge in [-0.25, -0.2) is 22.9 Å². The summed E-state index contributed by atoms with van der Waals surface area (Å²) in [5.41, 5.74) is -3.80. The van der Waals surface area contributed by atoms with Gasteiger partial charge in [0, 0.05) is 0 Å². The third kappa shape index (κ3) is 5.67. The van der Waals surface area contributed by atoms with Crippen molar-refractivity contribution in [3.8, 4) is 22.9 Å². The Balaban J connectivity index is 1.71. The Morgan fingerprint density at radius 1 is 1.00 bits per heavy atom. The van der Waals surface area contributed by atoms with E-state index in [-0.39, 0.29) is 23.0 Å². The molecule has 210 valence electrons. The topological polar surface area (TPSA) is 95.6 Å². The molecule has 0 aliphatic carbocycles. The number of hydrogen-bond acceptors (Lipinski definition) is 5. The van der Waals surface area contributed by atoms with Crippen molar-refractivity contribution >= 4 is 5.97 Å². The van der Waals surface area contributed by atoms with Gasteiger partial charge < -0.3 is 14.6 Å². The summed E-state index contributed by atoms with van der Waals surface area (Å²) in [7, 11) is 0. The molecule has 3 aromatic carbocycles. The molecule has 0 atom stereocenters. The summed E-state index contributed by atoms with van der Waals surface area (Å²) in [5.74, 6) is -3.07. The minimum Gasteiger partial charge on any atom is -0.486 e. The van der Waals surface area contributed by atoms with Gasteiger partial charge in [0.05, 0.1) is 11.3 Å². The number of alkyl halides is 3. The lowest BCUT2D eigenvalue weighted by molar-refractivity contribution is -0.152. The molecular weight excluding hydrogens is 541 g/mol. The quantitative estimate of drug-likeness (QED) is 0.287. The van der Waals surface area contributed by atoms with Crippen molar-refractivity contribution < 1.29 is 41.3 Å². The van der Waals surface area contributed by atoms with E-state index in [0.29, 0.717) is 14.8 Å². The summed E-state index contributed by atoms with van der Waals surface area (Å²) in [6, 6.07) is 10.9. The molecule has 1 N–H and O–H groups in total. The summed E-state index contributed by atoms with van der Waals surface area (Å²) in [6.07, 6.45) is -4.61. The molecule has 0 unspecified atom stereocenters. The second kappa shape index (κ2) is 10.5. The maximum absolute atomic E-state index is 14.7. The predicted molar refractivity (Wildman–Crippen MR) is 132 cm³/mol. The molecule has 0 bridgehead atoms. The highest BCUT2D eigenvalue weighted by Crippen LogP contribution is 2.30. The molecular formula is C27H22F5N3O5. The van der Waals surface area contributed by atoms with E-state index in [2.05, 4.69) is 5.10 Å². The zero-order valence-electron chi connectivity index (χ0n) is 21.3. The fourth-order valence-corrected chi connectivity index (χ4v) is 3.68. The Hall–Kier alpha value is -4.68. The van der Waals surface area contributed by atoms with Crippen molar-refractivity contribution in [1.29, 1.82) is 0 Å². The van der Waals surface area contributed by atoms with Gasteiger partial charge >= 0.3 is 17.8 Å². The van der Waals surface area contributed by atoms with Gasteiger partial charge in [0.1, 0.15) is 35.4 Å². The number of benzene rings is 3. The smallest absolute Gasteiger partial charge is 0.416 e. The Labute approximate surface area is 223 Å². The Bertz CT molecular complexity index is 1600. The molecule has 4 aromatic rings. The first-order chi connectivity index (χ1) is 18.7. The van der Waals surface area contributed by atoms with Crippen LogP contribution in [0, 0.1) is 18.6 Å². The molecule has 0 amide bonds. The first-order valence-electron chi connectivity index (χ1n) is 11.7. The fourth-order valence-electron chi connectivity index (χ4n) is 3.68. The number of aliphatic carboxylic acids is 1. The van der Waals surface area contributed by atoms with Crippen LogP contribution in [0.15, 0.2) is 65.5 Å². The number of nitrogens with zero attached hydrogens (tertiary/aromatic N) is 3. The van der Waals surface area contributed by atoms with Crippen LogP contribution in [-0.2, 0) is 17.6 Å². The largest absolute Gasteiger partial charge is 0.486 e. The minimum atomic E-state index is -4.61. The lowest BCUT2D eigenvalue weighted by Crippen LogP contribution is -2.38. The molecule has 40 heavy (non-hydrogen) atoms. The summed E-state index contributed by atoms with van der Waals surface area (Å²) in [5, 5.41) is 13.4. The van der Waals surface area contributed by atoms with Crippen LogP contribution in [0.3, 0.4) is 0 Å². The third-order valence-electron chi connectivity index (χ3n) is 5.84. The van der Waals surface area contributed by atoms with E-state index in [9.17, 15) is 36.6 Å². The minimum absolute atomic E-state index is 0.0758. The third-order valence-corrected chi connectivity index (χ3v) is 5.84. The molecule has 13 heteroatoms. The van der Waals surface area contributed by atoms with E-state index in [4.69, 9.17) is 9.47 Å². The van der Waals surface area contributed by atoms with Gasteiger partial charge in [-0.1, -0.05) is 6.07 Å². The van der Waals surface area contributed by atoms with Crippen molar-refractivity contribution in [1.82, 2.24) is 14.3 Å². The Morgan fingerprint density at radius 3 is 2.17 bits per heavy atom. The normalized spacial score (nSPS) is 11.9. The second-order valence-electron chi connectivity index (χ2n) is 9.19. The number of aryl methyl sites for hydroxylation is 1. The molecule has 0 saturated heterocycles. The number of halogens is 5. The summed E-state index contributed by atoms with van der Waals surface area (Å²) in [4.78, 5) is 24.6. The predicted octanol–water partition coefficient (Wildman–Crippen LogP) is 5.45. The molecule has 0 radical (unpaired) electrons. The fraction of sp³-hybridized carbons (Fsp3) is 0.222. The molecule has 4 rings (SSSR count). The molecule has 8 nitrogen and oxygen atoms in total. The maximum atomic E-state index is 14.7. The van der Waals surface area contributed by atoms with Crippen molar-refractivity contribution in [2.24, 2.45) is 0 Å².